The van der Waals surface area contributed by atoms with Crippen LogP contribution in [0.2, 0.25) is 0 Å². The average Bonchev–Trinajstić information content (AvgIpc) is 2.25. The molecule has 0 aromatic carbocycles. The van der Waals surface area contributed by atoms with Crippen molar-refractivity contribution < 1.29 is 9.53 Å². The van der Waals surface area contributed by atoms with Crippen molar-refractivity contribution in [3.63, 3.8) is 0 Å². The molecular weight excluding hydrogens is 202 g/mol. The van der Waals surface area contributed by atoms with Crippen LogP contribution in [0.15, 0.2) is 24.4 Å². The third-order valence-electron chi connectivity index (χ3n) is 1.60. The number of hydrogen-bond acceptors (Lipinski definition) is 3. The molecule has 0 amide bonds. The van der Waals surface area contributed by atoms with Gasteiger partial charge in [0.25, 0.3) is 0 Å². The number of methoxy groups -OCH3 is 1. The third-order valence-corrected chi connectivity index (χ3v) is 1.78. The Labute approximate surface area is 87.4 Å². The number of alkyl halides is 1. The minimum atomic E-state index is -0.445. The predicted molar refractivity (Wildman–Crippen MR) is 55.3 cm³/mol. The quantitative estimate of drug-likeness (QED) is 0.568. The smallest absolute Gasteiger partial charge is 0.357 e. The van der Waals surface area contributed by atoms with Crippen LogP contribution >= 0.6 is 11.6 Å². The summed E-state index contributed by atoms with van der Waals surface area (Å²) in [4.78, 5) is 15.2. The van der Waals surface area contributed by atoms with Gasteiger partial charge in [0.05, 0.1) is 7.11 Å². The Hall–Kier alpha value is -1.35. The predicted octanol–water partition coefficient (Wildman–Crippen LogP) is 2.12. The van der Waals surface area contributed by atoms with Crippen molar-refractivity contribution >= 4 is 23.6 Å². The van der Waals surface area contributed by atoms with Crippen molar-refractivity contribution in [1.29, 1.82) is 0 Å². The largest absolute Gasteiger partial charge is 0.464 e. The van der Waals surface area contributed by atoms with Gasteiger partial charge in [0.2, 0.25) is 0 Å². The number of rotatable bonds is 3. The van der Waals surface area contributed by atoms with E-state index in [0.29, 0.717) is 17.1 Å². The summed E-state index contributed by atoms with van der Waals surface area (Å²) in [5, 5.41) is 0. The minimum Gasteiger partial charge on any atom is -0.464 e. The fourth-order valence-electron chi connectivity index (χ4n) is 0.991. The molecule has 1 aromatic heterocycles. The fraction of sp³-hybridized carbons (Fsp3) is 0.200. The van der Waals surface area contributed by atoms with E-state index >= 15 is 0 Å². The summed E-state index contributed by atoms with van der Waals surface area (Å²) >= 11 is 5.49. The van der Waals surface area contributed by atoms with Crippen molar-refractivity contribution in [2.24, 2.45) is 0 Å². The van der Waals surface area contributed by atoms with Crippen molar-refractivity contribution in [2.45, 2.75) is 0 Å². The van der Waals surface area contributed by atoms with E-state index in [4.69, 9.17) is 11.6 Å². The van der Waals surface area contributed by atoms with Gasteiger partial charge in [0.15, 0.2) is 5.69 Å². The highest BCUT2D eigenvalue weighted by atomic mass is 35.5. The van der Waals surface area contributed by atoms with E-state index in [1.54, 1.807) is 30.5 Å². The molecule has 0 N–H and O–H groups in total. The minimum absolute atomic E-state index is 0.302. The van der Waals surface area contributed by atoms with E-state index in [2.05, 4.69) is 9.72 Å². The summed E-state index contributed by atoms with van der Waals surface area (Å²) in [6, 6.07) is 3.53. The second-order valence-electron chi connectivity index (χ2n) is 2.49. The van der Waals surface area contributed by atoms with Crippen LogP contribution in [-0.2, 0) is 4.74 Å². The van der Waals surface area contributed by atoms with E-state index in [0.717, 1.165) is 0 Å². The molecule has 0 radical (unpaired) electrons. The maximum atomic E-state index is 11.2. The van der Waals surface area contributed by atoms with Crippen molar-refractivity contribution in [2.75, 3.05) is 13.0 Å². The molecule has 0 fully saturated rings. The number of carbonyl (C=O) groups is 1. The monoisotopic (exact) mass is 211 g/mol. The number of hydrogen-bond donors (Lipinski definition) is 0. The zero-order valence-electron chi connectivity index (χ0n) is 7.74. The number of allylic oxidation sites excluding steroid dienone is 1. The summed E-state index contributed by atoms with van der Waals surface area (Å²) in [6.07, 6.45) is 5.03. The Morgan fingerprint density at radius 2 is 2.50 bits per heavy atom. The molecule has 3 nitrogen and oxygen atoms in total. The highest BCUT2D eigenvalue weighted by Crippen LogP contribution is 2.08. The second kappa shape index (κ2) is 5.40. The first-order chi connectivity index (χ1) is 6.79. The summed E-state index contributed by atoms with van der Waals surface area (Å²) in [5.74, 6) is -0.0463. The van der Waals surface area contributed by atoms with E-state index in [1.165, 1.54) is 7.11 Å². The zero-order chi connectivity index (χ0) is 10.4. The van der Waals surface area contributed by atoms with Gasteiger partial charge in [-0.1, -0.05) is 18.2 Å². The van der Waals surface area contributed by atoms with E-state index in [-0.39, 0.29) is 0 Å². The molecule has 1 rings (SSSR count). The summed E-state index contributed by atoms with van der Waals surface area (Å²) in [6.45, 7) is 0. The van der Waals surface area contributed by atoms with E-state index in [9.17, 15) is 4.79 Å². The number of ether oxygens (including phenoxy) is 1. The van der Waals surface area contributed by atoms with Crippen LogP contribution in [-0.4, -0.2) is 23.9 Å². The number of aromatic nitrogens is 1. The van der Waals surface area contributed by atoms with Crippen LogP contribution in [0.4, 0.5) is 0 Å². The van der Waals surface area contributed by atoms with Gasteiger partial charge >= 0.3 is 5.97 Å². The van der Waals surface area contributed by atoms with Crippen LogP contribution in [0, 0.1) is 0 Å². The maximum absolute atomic E-state index is 11.2. The van der Waals surface area contributed by atoms with Gasteiger partial charge in [0, 0.05) is 17.6 Å². The van der Waals surface area contributed by atoms with Crippen molar-refractivity contribution in [1.82, 2.24) is 4.98 Å². The fourth-order valence-corrected chi connectivity index (χ4v) is 1.08. The van der Waals surface area contributed by atoms with Crippen LogP contribution in [0.3, 0.4) is 0 Å². The molecule has 4 heteroatoms. The molecule has 1 aromatic rings. The maximum Gasteiger partial charge on any atom is 0.357 e. The lowest BCUT2D eigenvalue weighted by molar-refractivity contribution is 0.0594. The highest BCUT2D eigenvalue weighted by molar-refractivity contribution is 6.19. The van der Waals surface area contributed by atoms with Gasteiger partial charge < -0.3 is 4.74 Å². The van der Waals surface area contributed by atoms with Gasteiger partial charge in [0.1, 0.15) is 0 Å². The molecule has 0 unspecified atom stereocenters. The molecule has 0 spiro atoms. The molecule has 0 atom stereocenters. The standard InChI is InChI=1S/C10H10ClNO2/c1-14-10(13)9-8(4-2-6-11)5-3-7-12-9/h2-5,7H,6H2,1H3. The lowest BCUT2D eigenvalue weighted by Crippen LogP contribution is -2.06. The lowest BCUT2D eigenvalue weighted by atomic mass is 10.2. The van der Waals surface area contributed by atoms with E-state index in [1.807, 2.05) is 0 Å². The molecule has 1 heterocycles. The zero-order valence-corrected chi connectivity index (χ0v) is 8.49. The topological polar surface area (TPSA) is 39.2 Å². The van der Waals surface area contributed by atoms with E-state index < -0.39 is 5.97 Å². The van der Waals surface area contributed by atoms with Gasteiger partial charge in [-0.2, -0.15) is 0 Å². The van der Waals surface area contributed by atoms with Crippen molar-refractivity contribution in [3.8, 4) is 0 Å². The number of nitrogens with zero attached hydrogens (tertiary/aromatic N) is 1. The Morgan fingerprint density at radius 1 is 1.71 bits per heavy atom. The van der Waals surface area contributed by atoms with Crippen LogP contribution in [0.1, 0.15) is 16.1 Å². The molecular formula is C10H10ClNO2. The van der Waals surface area contributed by atoms with Crippen LogP contribution in [0.25, 0.3) is 6.08 Å². The van der Waals surface area contributed by atoms with Gasteiger partial charge in [-0.25, -0.2) is 9.78 Å². The molecule has 0 saturated carbocycles. The van der Waals surface area contributed by atoms with Crippen LogP contribution < -0.4 is 0 Å². The Morgan fingerprint density at radius 3 is 3.14 bits per heavy atom. The first kappa shape index (κ1) is 10.7. The Bertz CT molecular complexity index is 350. The average molecular weight is 212 g/mol. The number of carbonyl (C=O) groups excluding carboxylic acids is 1. The molecule has 0 aliphatic heterocycles. The Balaban J connectivity index is 3.03. The summed E-state index contributed by atoms with van der Waals surface area (Å²) in [5.41, 5.74) is 1.01. The first-order valence-electron chi connectivity index (χ1n) is 4.05. The second-order valence-corrected chi connectivity index (χ2v) is 2.80. The lowest BCUT2D eigenvalue weighted by Gasteiger charge is -2.01. The third kappa shape index (κ3) is 2.57. The molecule has 0 aliphatic carbocycles. The van der Waals surface area contributed by atoms with Gasteiger partial charge in [-0.05, 0) is 6.07 Å². The first-order valence-corrected chi connectivity index (χ1v) is 4.59. The number of halogens is 1. The SMILES string of the molecule is COC(=O)c1ncccc1C=CCCl. The molecule has 74 valence electrons. The van der Waals surface area contributed by atoms with Gasteiger partial charge in [-0.3, -0.25) is 0 Å². The summed E-state index contributed by atoms with van der Waals surface area (Å²) < 4.78 is 4.59. The Kier molecular flexibility index (Phi) is 4.13. The normalized spacial score (nSPS) is 10.4. The molecule has 0 aliphatic rings. The number of esters is 1. The summed E-state index contributed by atoms with van der Waals surface area (Å²) in [7, 11) is 1.33. The molecule has 0 saturated heterocycles. The van der Waals surface area contributed by atoms with Gasteiger partial charge in [-0.15, -0.1) is 11.6 Å². The van der Waals surface area contributed by atoms with Crippen molar-refractivity contribution in [3.05, 3.63) is 35.7 Å². The molecule has 0 bridgehead atoms. The molecule has 14 heavy (non-hydrogen) atoms. The number of pyridine rings is 1. The highest BCUT2D eigenvalue weighted by Gasteiger charge is 2.09. The van der Waals surface area contributed by atoms with Crippen LogP contribution in [0.5, 0.6) is 0 Å².